The zero-order chi connectivity index (χ0) is 32.7. The van der Waals surface area contributed by atoms with E-state index < -0.39 is 37.4 Å². The first kappa shape index (κ1) is 35.2. The van der Waals surface area contributed by atoms with Crippen LogP contribution in [0.25, 0.3) is 0 Å². The van der Waals surface area contributed by atoms with Crippen LogP contribution in [0.15, 0.2) is 47.4 Å². The number of carbonyl (C=O) groups excluding carboxylic acids is 2. The molecule has 0 spiro atoms. The average Bonchev–Trinajstić information content (AvgIpc) is 3.39. The summed E-state index contributed by atoms with van der Waals surface area (Å²) in [4.78, 5) is 28.2. The standard InChI is InChI=1S/C31H47N5O6S2/c1-7-8-9-10-11-20-44(32,41)26-15-12-23(13-16-26)33-29(37)27-21-25(14-17-28(27)35(5)43(6,39)40)36-19-18-24(22-36)34-30(38)42-31(2,3)4/h12-17,21,24,32H,7-11,18-20,22H2,1-6H3,(H,33,37)(H,34,38)/t24-,44?/m0/s1. The Morgan fingerprint density at radius 1 is 1.05 bits per heavy atom. The number of amides is 2. The van der Waals surface area contributed by atoms with E-state index in [1.807, 2.05) is 4.90 Å². The van der Waals surface area contributed by atoms with Crippen molar-refractivity contribution in [1.29, 1.82) is 4.78 Å². The molecule has 2 amide bonds. The van der Waals surface area contributed by atoms with Crippen molar-refractivity contribution in [2.45, 2.75) is 82.8 Å². The molecule has 1 aliphatic heterocycles. The minimum atomic E-state index is -3.66. The quantitative estimate of drug-likeness (QED) is 0.232. The van der Waals surface area contributed by atoms with E-state index in [2.05, 4.69) is 17.6 Å². The molecule has 1 fully saturated rings. The Labute approximate surface area is 262 Å². The van der Waals surface area contributed by atoms with E-state index in [4.69, 9.17) is 9.52 Å². The van der Waals surface area contributed by atoms with E-state index in [-0.39, 0.29) is 17.3 Å². The first-order valence-corrected chi connectivity index (χ1v) is 18.6. The van der Waals surface area contributed by atoms with Crippen LogP contribution in [0, 0.1) is 4.78 Å². The second-order valence-corrected chi connectivity index (χ2v) is 16.5. The van der Waals surface area contributed by atoms with E-state index in [0.717, 1.165) is 42.7 Å². The highest BCUT2D eigenvalue weighted by molar-refractivity contribution is 7.92. The number of ether oxygens (including phenoxy) is 1. The van der Waals surface area contributed by atoms with E-state index in [1.54, 1.807) is 63.2 Å². The fourth-order valence-corrected chi connectivity index (χ4v) is 6.86. The molecule has 0 bridgehead atoms. The van der Waals surface area contributed by atoms with Crippen molar-refractivity contribution in [2.24, 2.45) is 0 Å². The zero-order valence-electron chi connectivity index (χ0n) is 26.6. The van der Waals surface area contributed by atoms with Crippen LogP contribution in [0.2, 0.25) is 0 Å². The summed E-state index contributed by atoms with van der Waals surface area (Å²) in [5, 5.41) is 5.70. The number of alkyl carbamates (subject to hydrolysis) is 1. The first-order valence-electron chi connectivity index (χ1n) is 15.0. The van der Waals surface area contributed by atoms with Gasteiger partial charge in [0.25, 0.3) is 5.91 Å². The molecule has 1 saturated heterocycles. The SMILES string of the molecule is CCCCCCCS(=N)(=O)c1ccc(NC(=O)c2cc(N3CC[C@H](NC(=O)OC(C)(C)C)C3)ccc2N(C)S(C)(=O)=O)cc1. The molecule has 2 aromatic carbocycles. The second kappa shape index (κ2) is 14.6. The summed E-state index contributed by atoms with van der Waals surface area (Å²) in [5.41, 5.74) is 0.890. The molecule has 0 saturated carbocycles. The molecule has 2 atom stereocenters. The number of nitrogens with one attached hydrogen (secondary N) is 3. The van der Waals surface area contributed by atoms with Crippen LogP contribution in [0.1, 0.15) is 76.6 Å². The minimum absolute atomic E-state index is 0.150. The monoisotopic (exact) mass is 649 g/mol. The second-order valence-electron chi connectivity index (χ2n) is 12.3. The van der Waals surface area contributed by atoms with Crippen molar-refractivity contribution >= 4 is 48.8 Å². The Hall–Kier alpha value is -3.32. The third-order valence-corrected chi connectivity index (χ3v) is 10.5. The van der Waals surface area contributed by atoms with Crippen LogP contribution in [0.4, 0.5) is 21.9 Å². The summed E-state index contributed by atoms with van der Waals surface area (Å²) in [6.07, 6.45) is 6.23. The number of rotatable bonds is 13. The predicted octanol–water partition coefficient (Wildman–Crippen LogP) is 5.81. The molecule has 0 aromatic heterocycles. The third-order valence-electron chi connectivity index (χ3n) is 7.36. The van der Waals surface area contributed by atoms with Crippen LogP contribution in [-0.4, -0.2) is 68.4 Å². The molecular weight excluding hydrogens is 603 g/mol. The molecule has 13 heteroatoms. The number of benzene rings is 2. The molecule has 244 valence electrons. The number of anilines is 3. The van der Waals surface area contributed by atoms with Crippen molar-refractivity contribution in [3.63, 3.8) is 0 Å². The van der Waals surface area contributed by atoms with Gasteiger partial charge in [-0.3, -0.25) is 9.10 Å². The predicted molar refractivity (Wildman–Crippen MR) is 177 cm³/mol. The Morgan fingerprint density at radius 2 is 1.70 bits per heavy atom. The van der Waals surface area contributed by atoms with Gasteiger partial charge in [-0.05, 0) is 76.1 Å². The first-order chi connectivity index (χ1) is 20.5. The van der Waals surface area contributed by atoms with E-state index in [1.165, 1.54) is 7.05 Å². The molecular formula is C31H47N5O6S2. The van der Waals surface area contributed by atoms with E-state index in [9.17, 15) is 22.2 Å². The summed E-state index contributed by atoms with van der Waals surface area (Å²) in [6.45, 7) is 8.64. The fraction of sp³-hybridized carbons (Fsp3) is 0.548. The van der Waals surface area contributed by atoms with Gasteiger partial charge in [0.15, 0.2) is 0 Å². The summed E-state index contributed by atoms with van der Waals surface area (Å²) in [5.74, 6) is -0.226. The van der Waals surface area contributed by atoms with Crippen LogP contribution >= 0.6 is 0 Å². The van der Waals surface area contributed by atoms with Crippen molar-refractivity contribution in [1.82, 2.24) is 5.32 Å². The highest BCUT2D eigenvalue weighted by Crippen LogP contribution is 2.30. The smallest absolute Gasteiger partial charge is 0.407 e. The molecule has 0 radical (unpaired) electrons. The number of hydrogen-bond donors (Lipinski definition) is 3. The van der Waals surface area contributed by atoms with Crippen LogP contribution in [0.3, 0.4) is 0 Å². The van der Waals surface area contributed by atoms with Gasteiger partial charge in [0, 0.05) is 42.2 Å². The number of carbonyl (C=O) groups is 2. The molecule has 0 aliphatic carbocycles. The minimum Gasteiger partial charge on any atom is -0.444 e. The molecule has 3 N–H and O–H groups in total. The molecule has 1 unspecified atom stereocenters. The molecule has 44 heavy (non-hydrogen) atoms. The van der Waals surface area contributed by atoms with Gasteiger partial charge in [-0.1, -0.05) is 32.6 Å². The number of hydrogen-bond acceptors (Lipinski definition) is 8. The van der Waals surface area contributed by atoms with Gasteiger partial charge in [0.1, 0.15) is 5.60 Å². The number of unbranched alkanes of at least 4 members (excludes halogenated alkanes) is 4. The van der Waals surface area contributed by atoms with E-state index >= 15 is 0 Å². The van der Waals surface area contributed by atoms with Crippen molar-refractivity contribution in [3.05, 3.63) is 48.0 Å². The molecule has 1 heterocycles. The van der Waals surface area contributed by atoms with Gasteiger partial charge in [-0.2, -0.15) is 0 Å². The lowest BCUT2D eigenvalue weighted by Gasteiger charge is -2.24. The zero-order valence-corrected chi connectivity index (χ0v) is 28.3. The van der Waals surface area contributed by atoms with Gasteiger partial charge in [0.05, 0.1) is 33.3 Å². The lowest BCUT2D eigenvalue weighted by atomic mass is 10.1. The maximum absolute atomic E-state index is 13.6. The molecule has 2 aromatic rings. The van der Waals surface area contributed by atoms with Gasteiger partial charge < -0.3 is 20.3 Å². The van der Waals surface area contributed by atoms with Crippen molar-refractivity contribution in [3.8, 4) is 0 Å². The number of nitrogens with zero attached hydrogens (tertiary/aromatic N) is 2. The van der Waals surface area contributed by atoms with Gasteiger partial charge in [0.2, 0.25) is 10.0 Å². The Kier molecular flexibility index (Phi) is 11.7. The molecule has 1 aliphatic rings. The fourth-order valence-electron chi connectivity index (χ4n) is 4.93. The van der Waals surface area contributed by atoms with Crippen LogP contribution in [-0.2, 0) is 24.5 Å². The maximum Gasteiger partial charge on any atom is 0.407 e. The Morgan fingerprint density at radius 3 is 2.32 bits per heavy atom. The lowest BCUT2D eigenvalue weighted by Crippen LogP contribution is -2.40. The van der Waals surface area contributed by atoms with Crippen LogP contribution in [0.5, 0.6) is 0 Å². The summed E-state index contributed by atoms with van der Waals surface area (Å²) in [6, 6.07) is 11.3. The third kappa shape index (κ3) is 10.1. The van der Waals surface area contributed by atoms with Crippen molar-refractivity contribution < 1.29 is 27.0 Å². The summed E-state index contributed by atoms with van der Waals surface area (Å²) >= 11 is 0. The van der Waals surface area contributed by atoms with Crippen LogP contribution < -0.4 is 19.8 Å². The topological polar surface area (TPSA) is 149 Å². The summed E-state index contributed by atoms with van der Waals surface area (Å²) in [7, 11) is -5.22. The van der Waals surface area contributed by atoms with Gasteiger partial charge >= 0.3 is 6.09 Å². The highest BCUT2D eigenvalue weighted by Gasteiger charge is 2.28. The average molecular weight is 650 g/mol. The van der Waals surface area contributed by atoms with Gasteiger partial charge in [-0.15, -0.1) is 0 Å². The maximum atomic E-state index is 13.6. The van der Waals surface area contributed by atoms with E-state index in [0.29, 0.717) is 41.5 Å². The van der Waals surface area contributed by atoms with Gasteiger partial charge in [-0.25, -0.2) is 22.2 Å². The number of sulfonamides is 1. The molecule has 3 rings (SSSR count). The normalized spacial score (nSPS) is 16.7. The van der Waals surface area contributed by atoms with Crippen molar-refractivity contribution in [2.75, 3.05) is 46.7 Å². The lowest BCUT2D eigenvalue weighted by molar-refractivity contribution is 0.0508. The molecule has 11 nitrogen and oxygen atoms in total. The Balaban J connectivity index is 1.77. The largest absolute Gasteiger partial charge is 0.444 e. The summed E-state index contributed by atoms with van der Waals surface area (Å²) < 4.78 is 52.6. The highest BCUT2D eigenvalue weighted by atomic mass is 32.2. The Bertz CT molecular complexity index is 1520.